The van der Waals surface area contributed by atoms with E-state index in [1.807, 2.05) is 24.4 Å². The fourth-order valence-electron chi connectivity index (χ4n) is 3.95. The smallest absolute Gasteiger partial charge is 0.233 e. The average molecular weight is 309 g/mol. The van der Waals surface area contributed by atoms with E-state index in [1.54, 1.807) is 0 Å². The molecule has 2 fully saturated rings. The third-order valence-electron chi connectivity index (χ3n) is 5.45. The molecule has 1 aromatic carbocycles. The van der Waals surface area contributed by atoms with Crippen LogP contribution in [0.2, 0.25) is 0 Å². The van der Waals surface area contributed by atoms with E-state index >= 15 is 0 Å². The summed E-state index contributed by atoms with van der Waals surface area (Å²) < 4.78 is 0. The van der Waals surface area contributed by atoms with Crippen LogP contribution in [-0.2, 0) is 10.2 Å². The minimum absolute atomic E-state index is 0.153. The van der Waals surface area contributed by atoms with Gasteiger partial charge in [-0.1, -0.05) is 30.3 Å². The van der Waals surface area contributed by atoms with Crippen molar-refractivity contribution in [2.24, 2.45) is 0 Å². The lowest BCUT2D eigenvalue weighted by Crippen LogP contribution is -2.44. The van der Waals surface area contributed by atoms with E-state index in [-0.39, 0.29) is 11.5 Å². The number of carbonyl (C=O) groups excluding carboxylic acids is 1. The summed E-state index contributed by atoms with van der Waals surface area (Å²) >= 11 is 0. The van der Waals surface area contributed by atoms with Crippen molar-refractivity contribution in [3.63, 3.8) is 0 Å². The normalized spacial score (nSPS) is 22.8. The summed E-state index contributed by atoms with van der Waals surface area (Å²) in [5.74, 6) is 0.308. The minimum Gasteiger partial charge on any atom is -0.333 e. The summed E-state index contributed by atoms with van der Waals surface area (Å²) in [6.07, 6.45) is 7.10. The number of likely N-dealkylation sites (tertiary alicyclic amines) is 1. The monoisotopic (exact) mass is 309 g/mol. The minimum atomic E-state index is -0.273. The quantitative estimate of drug-likeness (QED) is 0.943. The molecule has 1 saturated heterocycles. The zero-order chi connectivity index (χ0) is 15.9. The molecular formula is C19H23N3O. The summed E-state index contributed by atoms with van der Waals surface area (Å²) in [4.78, 5) is 15.5. The summed E-state index contributed by atoms with van der Waals surface area (Å²) in [5.41, 5.74) is 3.17. The Morgan fingerprint density at radius 1 is 1.26 bits per heavy atom. The van der Waals surface area contributed by atoms with Gasteiger partial charge in [0.1, 0.15) is 0 Å². The Labute approximate surface area is 136 Å². The summed E-state index contributed by atoms with van der Waals surface area (Å²) in [6, 6.07) is 10.4. The van der Waals surface area contributed by atoms with E-state index < -0.39 is 0 Å². The number of amides is 1. The van der Waals surface area contributed by atoms with Gasteiger partial charge in [0.15, 0.2) is 0 Å². The van der Waals surface area contributed by atoms with Gasteiger partial charge < -0.3 is 4.90 Å². The van der Waals surface area contributed by atoms with Gasteiger partial charge in [0.25, 0.3) is 0 Å². The lowest BCUT2D eigenvalue weighted by atomic mass is 9.90. The molecule has 2 heterocycles. The van der Waals surface area contributed by atoms with Gasteiger partial charge in [-0.25, -0.2) is 0 Å². The van der Waals surface area contributed by atoms with Crippen molar-refractivity contribution in [2.75, 3.05) is 6.54 Å². The van der Waals surface area contributed by atoms with Crippen molar-refractivity contribution in [3.8, 4) is 0 Å². The SMILES string of the molecule is Cc1cn[nH]c1C1CCCCN1C(=O)C1(c2ccccc2)CC1. The molecule has 4 heteroatoms. The van der Waals surface area contributed by atoms with Gasteiger partial charge in [-0.3, -0.25) is 9.89 Å². The van der Waals surface area contributed by atoms with E-state index in [0.29, 0.717) is 5.91 Å². The molecule has 1 aromatic heterocycles. The van der Waals surface area contributed by atoms with E-state index in [9.17, 15) is 4.79 Å². The van der Waals surface area contributed by atoms with Gasteiger partial charge in [0.2, 0.25) is 5.91 Å². The van der Waals surface area contributed by atoms with Crippen molar-refractivity contribution in [3.05, 3.63) is 53.3 Å². The highest BCUT2D eigenvalue weighted by atomic mass is 16.2. The predicted molar refractivity (Wildman–Crippen MR) is 89.0 cm³/mol. The van der Waals surface area contributed by atoms with Crippen LogP contribution in [-0.4, -0.2) is 27.5 Å². The number of aromatic amines is 1. The van der Waals surface area contributed by atoms with Gasteiger partial charge >= 0.3 is 0 Å². The number of nitrogens with one attached hydrogen (secondary N) is 1. The molecule has 1 unspecified atom stereocenters. The van der Waals surface area contributed by atoms with Crippen LogP contribution in [0.3, 0.4) is 0 Å². The number of piperidine rings is 1. The number of hydrogen-bond donors (Lipinski definition) is 1. The van der Waals surface area contributed by atoms with E-state index in [0.717, 1.165) is 43.5 Å². The van der Waals surface area contributed by atoms with Gasteiger partial charge in [-0.15, -0.1) is 0 Å². The average Bonchev–Trinajstić information content (AvgIpc) is 3.31. The zero-order valence-corrected chi connectivity index (χ0v) is 13.6. The molecule has 0 radical (unpaired) electrons. The molecule has 2 aliphatic rings. The van der Waals surface area contributed by atoms with Gasteiger partial charge in [0.05, 0.1) is 23.3 Å². The Morgan fingerprint density at radius 2 is 2.04 bits per heavy atom. The second-order valence-electron chi connectivity index (χ2n) is 6.92. The molecule has 23 heavy (non-hydrogen) atoms. The van der Waals surface area contributed by atoms with E-state index in [4.69, 9.17) is 0 Å². The second kappa shape index (κ2) is 5.52. The molecule has 0 spiro atoms. The third-order valence-corrected chi connectivity index (χ3v) is 5.45. The van der Waals surface area contributed by atoms with Crippen molar-refractivity contribution < 1.29 is 4.79 Å². The number of rotatable bonds is 3. The molecule has 2 aromatic rings. The number of H-pyrrole nitrogens is 1. The number of aromatic nitrogens is 2. The van der Waals surface area contributed by atoms with Crippen LogP contribution < -0.4 is 0 Å². The van der Waals surface area contributed by atoms with Crippen LogP contribution >= 0.6 is 0 Å². The van der Waals surface area contributed by atoms with E-state index in [2.05, 4.69) is 34.2 Å². The fourth-order valence-corrected chi connectivity index (χ4v) is 3.95. The first-order chi connectivity index (χ1) is 11.2. The first-order valence-corrected chi connectivity index (χ1v) is 8.59. The fraction of sp³-hybridized carbons (Fsp3) is 0.474. The van der Waals surface area contributed by atoms with Crippen LogP contribution in [0.5, 0.6) is 0 Å². The second-order valence-corrected chi connectivity index (χ2v) is 6.92. The standard InChI is InChI=1S/C19H23N3O/c1-14-13-20-21-17(14)16-9-5-6-12-22(16)18(23)19(10-11-19)15-7-3-2-4-8-15/h2-4,7-8,13,16H,5-6,9-12H2,1H3,(H,20,21). The lowest BCUT2D eigenvalue weighted by Gasteiger charge is -2.38. The number of carbonyl (C=O) groups is 1. The number of nitrogens with zero attached hydrogens (tertiary/aromatic N) is 2. The largest absolute Gasteiger partial charge is 0.333 e. The lowest BCUT2D eigenvalue weighted by molar-refractivity contribution is -0.138. The highest BCUT2D eigenvalue weighted by molar-refractivity contribution is 5.91. The number of benzene rings is 1. The molecule has 4 nitrogen and oxygen atoms in total. The molecule has 0 bridgehead atoms. The first kappa shape index (κ1) is 14.5. The summed E-state index contributed by atoms with van der Waals surface area (Å²) in [7, 11) is 0. The van der Waals surface area contributed by atoms with Crippen molar-refractivity contribution in [1.82, 2.24) is 15.1 Å². The van der Waals surface area contributed by atoms with Crippen LogP contribution in [0.15, 0.2) is 36.5 Å². The molecule has 1 aliphatic heterocycles. The van der Waals surface area contributed by atoms with Crippen molar-refractivity contribution in [1.29, 1.82) is 0 Å². The maximum absolute atomic E-state index is 13.4. The van der Waals surface area contributed by atoms with Crippen molar-refractivity contribution in [2.45, 2.75) is 50.5 Å². The molecular weight excluding hydrogens is 286 g/mol. The number of aryl methyl sites for hydroxylation is 1. The van der Waals surface area contributed by atoms with E-state index in [1.165, 1.54) is 12.0 Å². The van der Waals surface area contributed by atoms with Gasteiger partial charge in [-0.2, -0.15) is 5.10 Å². The van der Waals surface area contributed by atoms with Crippen LogP contribution in [0.4, 0.5) is 0 Å². The van der Waals surface area contributed by atoms with Gasteiger partial charge in [0, 0.05) is 6.54 Å². The van der Waals surface area contributed by atoms with Gasteiger partial charge in [-0.05, 0) is 50.2 Å². The van der Waals surface area contributed by atoms with Crippen LogP contribution in [0.25, 0.3) is 0 Å². The van der Waals surface area contributed by atoms with Crippen molar-refractivity contribution >= 4 is 5.91 Å². The third kappa shape index (κ3) is 2.37. The topological polar surface area (TPSA) is 49.0 Å². The molecule has 1 amide bonds. The number of hydrogen-bond acceptors (Lipinski definition) is 2. The zero-order valence-electron chi connectivity index (χ0n) is 13.6. The highest BCUT2D eigenvalue weighted by Crippen LogP contribution is 2.51. The first-order valence-electron chi connectivity index (χ1n) is 8.59. The Kier molecular flexibility index (Phi) is 3.47. The molecule has 1 atom stereocenters. The molecule has 1 aliphatic carbocycles. The molecule has 1 N–H and O–H groups in total. The molecule has 120 valence electrons. The summed E-state index contributed by atoms with van der Waals surface area (Å²) in [5, 5.41) is 7.29. The Morgan fingerprint density at radius 3 is 2.70 bits per heavy atom. The van der Waals surface area contributed by atoms with Crippen LogP contribution in [0.1, 0.15) is 55.0 Å². The maximum atomic E-state index is 13.4. The molecule has 1 saturated carbocycles. The Balaban J connectivity index is 1.65. The maximum Gasteiger partial charge on any atom is 0.233 e. The Bertz CT molecular complexity index is 702. The molecule has 4 rings (SSSR count). The van der Waals surface area contributed by atoms with Crippen LogP contribution in [0, 0.1) is 6.92 Å². The highest BCUT2D eigenvalue weighted by Gasteiger charge is 2.54. The Hall–Kier alpha value is -2.10. The predicted octanol–water partition coefficient (Wildman–Crippen LogP) is 3.50. The summed E-state index contributed by atoms with van der Waals surface area (Å²) in [6.45, 7) is 2.93.